The molecule has 0 saturated heterocycles. The van der Waals surface area contributed by atoms with Gasteiger partial charge in [0, 0.05) is 25.9 Å². The van der Waals surface area contributed by atoms with Gasteiger partial charge in [-0.25, -0.2) is 0 Å². The Morgan fingerprint density at radius 3 is 0.947 bits per heavy atom. The van der Waals surface area contributed by atoms with E-state index in [9.17, 15) is 44.3 Å². The molecule has 1 rings (SSSR count). The minimum Gasteiger partial charge on any atom is -0.481 e. The lowest BCUT2D eigenvalue weighted by molar-refractivity contribution is -0.173. The predicted molar refractivity (Wildman–Crippen MR) is 314 cm³/mol. The number of aliphatic carboxylic acids is 1. The van der Waals surface area contributed by atoms with Gasteiger partial charge in [0.25, 0.3) is 0 Å². The summed E-state index contributed by atoms with van der Waals surface area (Å²) in [5.74, 6) is 4.65. The Kier molecular flexibility index (Phi) is 77.4. The summed E-state index contributed by atoms with van der Waals surface area (Å²) in [4.78, 5) is 9.98. The molecule has 1 unspecified atom stereocenters. The number of halogens is 9. The minimum atomic E-state index is -4.01. The zero-order valence-electron chi connectivity index (χ0n) is 54.7. The molecule has 0 radical (unpaired) electrons. The van der Waals surface area contributed by atoms with Crippen molar-refractivity contribution in [3.05, 3.63) is 0 Å². The maximum Gasteiger partial charge on any atom is 0.391 e. The molecule has 13 heteroatoms. The zero-order valence-corrected chi connectivity index (χ0v) is 54.7. The van der Waals surface area contributed by atoms with Crippen LogP contribution in [0.5, 0.6) is 0 Å². The molecule has 4 nitrogen and oxygen atoms in total. The summed E-state index contributed by atoms with van der Waals surface area (Å²) >= 11 is 0. The molecule has 1 aliphatic rings. The topological polar surface area (TPSA) is 83.5 Å². The summed E-state index contributed by atoms with van der Waals surface area (Å²) in [6, 6.07) is 0. The van der Waals surface area contributed by atoms with Crippen molar-refractivity contribution >= 4 is 5.97 Å². The summed E-state index contributed by atoms with van der Waals surface area (Å²) in [7, 11) is 0. The number of aliphatic hydroxyl groups is 1. The van der Waals surface area contributed by atoms with Gasteiger partial charge >= 0.3 is 24.5 Å². The highest BCUT2D eigenvalue weighted by Gasteiger charge is 2.35. The Morgan fingerprint density at radius 2 is 0.853 bits per heavy atom. The van der Waals surface area contributed by atoms with Crippen molar-refractivity contribution in [1.82, 2.24) is 0 Å². The number of carboxylic acids is 1. The van der Waals surface area contributed by atoms with Crippen molar-refractivity contribution in [2.75, 3.05) is 13.2 Å². The molecule has 75 heavy (non-hydrogen) atoms. The van der Waals surface area contributed by atoms with Crippen molar-refractivity contribution < 1.29 is 54.5 Å². The van der Waals surface area contributed by atoms with Gasteiger partial charge in [0.05, 0.1) is 5.92 Å². The fraction of sp³-hybridized carbons (Fsp3) is 0.984. The third-order valence-electron chi connectivity index (χ3n) is 8.89. The van der Waals surface area contributed by atoms with E-state index in [0.29, 0.717) is 30.3 Å². The first-order chi connectivity index (χ1) is 33.5. The standard InChI is InChI=1S/C8H18.C7H13F3.C7H14O2.C7H14.C6H11F3.C6H15N.C5H9F3.C5H12.C4H10O.C4H10.C3H8/c1-7(2)6-8(3,4)5;1-5(2)4-6(3)7(8,9)10;1-6(2)4-3-5-7(8)9;1-6(2)5-7-3-4-7;1-5(2)3-4-6(7,8)9;1-6(2)4-3-5-7;1-4(2)3-5(6,7)8;1-4-5(2)3;1-4(2)3-5;1-4(2)3;1-3-2/h7H,6H2,1-5H3;5-6H,4H2,1-3H3;6H,3-5H2,1-2H3,(H,8,9);6-7H,3-5H2,1-2H3;5H,3-4H2,1-2H3;6H,3-5,7H2,1-2H3;4H,3H2,1-2H3;5H,4H2,1-3H3;4-5H,3H2,1-2H3;4H,1-3H3;3H2,1-2H3. The summed E-state index contributed by atoms with van der Waals surface area (Å²) in [6.07, 6.45) is 0.169. The van der Waals surface area contributed by atoms with E-state index in [1.54, 1.807) is 41.5 Å². The monoisotopic (exact) mass is 1110 g/mol. The third-order valence-corrected chi connectivity index (χ3v) is 8.89. The smallest absolute Gasteiger partial charge is 0.391 e. The van der Waals surface area contributed by atoms with Gasteiger partial charge in [-0.2, -0.15) is 39.5 Å². The highest BCUT2D eigenvalue weighted by molar-refractivity contribution is 5.66. The van der Waals surface area contributed by atoms with Crippen LogP contribution in [0, 0.1) is 76.4 Å². The van der Waals surface area contributed by atoms with Crippen molar-refractivity contribution in [2.24, 2.45) is 82.2 Å². The maximum absolute atomic E-state index is 11.8. The van der Waals surface area contributed by atoms with E-state index in [4.69, 9.17) is 15.9 Å². The molecule has 0 aliphatic heterocycles. The quantitative estimate of drug-likeness (QED) is 0.127. The number of alkyl halides is 9. The lowest BCUT2D eigenvalue weighted by Crippen LogP contribution is -2.21. The van der Waals surface area contributed by atoms with Crippen LogP contribution in [-0.2, 0) is 4.79 Å². The molecule has 0 bridgehead atoms. The van der Waals surface area contributed by atoms with Crippen LogP contribution in [0.3, 0.4) is 0 Å². The fourth-order valence-corrected chi connectivity index (χ4v) is 5.19. The summed E-state index contributed by atoms with van der Waals surface area (Å²) in [6.45, 7) is 58.6. The van der Waals surface area contributed by atoms with Gasteiger partial charge in [0.1, 0.15) is 0 Å². The van der Waals surface area contributed by atoms with Crippen molar-refractivity contribution in [2.45, 2.75) is 309 Å². The van der Waals surface area contributed by atoms with Crippen LogP contribution in [0.4, 0.5) is 39.5 Å². The number of carboxylic acid groups (broad SMARTS) is 1. The highest BCUT2D eigenvalue weighted by Crippen LogP contribution is 2.35. The van der Waals surface area contributed by atoms with Gasteiger partial charge in [-0.15, -0.1) is 0 Å². The molecule has 0 aromatic rings. The van der Waals surface area contributed by atoms with E-state index in [-0.39, 0.29) is 30.6 Å². The first kappa shape index (κ1) is 96.1. The van der Waals surface area contributed by atoms with E-state index in [1.165, 1.54) is 58.3 Å². The molecule has 1 aliphatic carbocycles. The molecule has 468 valence electrons. The highest BCUT2D eigenvalue weighted by atomic mass is 19.4. The van der Waals surface area contributed by atoms with E-state index >= 15 is 0 Å². The average molecular weight is 1110 g/mol. The second-order valence-electron chi connectivity index (χ2n) is 25.9. The number of nitrogens with two attached hydrogens (primary N) is 1. The molecule has 0 aromatic carbocycles. The Hall–Kier alpha value is -1.24. The van der Waals surface area contributed by atoms with Crippen LogP contribution in [0.1, 0.15) is 290 Å². The molecule has 4 N–H and O–H groups in total. The van der Waals surface area contributed by atoms with E-state index in [1.807, 2.05) is 13.8 Å². The van der Waals surface area contributed by atoms with Crippen molar-refractivity contribution in [3.8, 4) is 0 Å². The van der Waals surface area contributed by atoms with Crippen LogP contribution < -0.4 is 5.73 Å². The zero-order chi connectivity index (χ0) is 62.5. The lowest BCUT2D eigenvalue weighted by Gasteiger charge is -2.19. The average Bonchev–Trinajstić information content (AvgIpc) is 3.99. The second kappa shape index (κ2) is 60.4. The van der Waals surface area contributed by atoms with Crippen molar-refractivity contribution in [3.63, 3.8) is 0 Å². The summed E-state index contributed by atoms with van der Waals surface area (Å²) < 4.78 is 104. The van der Waals surface area contributed by atoms with Crippen LogP contribution >= 0.6 is 0 Å². The predicted octanol–water partition coefficient (Wildman–Crippen LogP) is 23.4. The summed E-state index contributed by atoms with van der Waals surface area (Å²) in [5, 5.41) is 16.4. The van der Waals surface area contributed by atoms with Gasteiger partial charge in [-0.3, -0.25) is 4.79 Å². The molecule has 0 amide bonds. The Labute approximate surface area is 463 Å². The van der Waals surface area contributed by atoms with Gasteiger partial charge in [0.2, 0.25) is 0 Å². The maximum atomic E-state index is 11.8. The number of hydrogen-bond acceptors (Lipinski definition) is 3. The van der Waals surface area contributed by atoms with E-state index in [0.717, 1.165) is 54.9 Å². The molecular formula is C62H134F9NO3. The van der Waals surface area contributed by atoms with E-state index in [2.05, 4.69) is 132 Å². The van der Waals surface area contributed by atoms with Crippen LogP contribution in [0.15, 0.2) is 0 Å². The fourth-order valence-electron chi connectivity index (χ4n) is 5.19. The van der Waals surface area contributed by atoms with E-state index < -0.39 is 43.3 Å². The molecule has 0 spiro atoms. The molecular weight excluding hydrogens is 978 g/mol. The van der Waals surface area contributed by atoms with Crippen LogP contribution in [-0.4, -0.2) is 47.9 Å². The third kappa shape index (κ3) is 174. The normalized spacial score (nSPS) is 12.5. The molecule has 0 heterocycles. The first-order valence-electron chi connectivity index (χ1n) is 29.2. The van der Waals surface area contributed by atoms with Gasteiger partial charge in [0.15, 0.2) is 0 Å². The molecule has 1 atom stereocenters. The largest absolute Gasteiger partial charge is 0.481 e. The molecule has 1 fully saturated rings. The second-order valence-corrected chi connectivity index (χ2v) is 25.9. The number of rotatable bonds is 17. The first-order valence-corrected chi connectivity index (χ1v) is 29.2. The Balaban J connectivity index is -0.0000000784. The van der Waals surface area contributed by atoms with Crippen LogP contribution in [0.25, 0.3) is 0 Å². The Morgan fingerprint density at radius 1 is 0.520 bits per heavy atom. The molecule has 0 aromatic heterocycles. The minimum absolute atomic E-state index is 0.122. The van der Waals surface area contributed by atoms with Gasteiger partial charge in [-0.05, 0) is 122 Å². The van der Waals surface area contributed by atoms with Gasteiger partial charge < -0.3 is 15.9 Å². The number of hydrogen-bond donors (Lipinski definition) is 3. The summed E-state index contributed by atoms with van der Waals surface area (Å²) in [5.41, 5.74) is 5.80. The molecule has 1 saturated carbocycles. The number of carbonyl (C=O) groups is 1. The van der Waals surface area contributed by atoms with Crippen molar-refractivity contribution in [1.29, 1.82) is 0 Å². The van der Waals surface area contributed by atoms with Crippen LogP contribution in [0.2, 0.25) is 0 Å². The SMILES string of the molecule is CC(C)C.CC(C)CC(C)(C)C.CC(C)CC(C)C(F)(F)F.CC(C)CC(F)(F)F.CC(C)CC1CC1.CC(C)CCC(F)(F)F.CC(C)CCCC(=O)O.CC(C)CCCN.CC(C)CO.CCC.CCC(C)C. The Bertz CT molecular complexity index is 1030. The lowest BCUT2D eigenvalue weighted by atomic mass is 9.86. The number of aliphatic hydroxyl groups excluding tert-OH is 1. The van der Waals surface area contributed by atoms with Gasteiger partial charge in [-0.1, -0.05) is 226 Å².